The lowest BCUT2D eigenvalue weighted by molar-refractivity contribution is -0.137. The number of allylic oxidation sites excluding steroid dienone is 1. The van der Waals surface area contributed by atoms with Gasteiger partial charge in [-0.3, -0.25) is 9.80 Å². The molecule has 29 heavy (non-hydrogen) atoms. The number of benzene rings is 2. The van der Waals surface area contributed by atoms with Crippen LogP contribution < -0.4 is 15.8 Å². The summed E-state index contributed by atoms with van der Waals surface area (Å²) in [6.45, 7) is 1.60. The number of hydrogen-bond acceptors (Lipinski definition) is 5. The highest BCUT2D eigenvalue weighted by Gasteiger charge is 2.33. The summed E-state index contributed by atoms with van der Waals surface area (Å²) in [5, 5.41) is 11.9. The third-order valence-corrected chi connectivity index (χ3v) is 4.33. The molecule has 1 unspecified atom stereocenters. The fourth-order valence-electron chi connectivity index (χ4n) is 2.90. The molecule has 3 N–H and O–H groups in total. The van der Waals surface area contributed by atoms with Crippen LogP contribution in [0.5, 0.6) is 0 Å². The molecule has 3 rings (SSSR count). The standard InChI is InChI=1S/C21H19F3N4O/c1-14-13-28(17-9-5-6-15(12-17)21(22,23)24)27-19(20(14)29)18(10-11-25)26-16-7-3-2-4-8-16/h2-13,19,25-27H,1H3/b18-10-,25-11?. The van der Waals surface area contributed by atoms with E-state index in [4.69, 9.17) is 5.41 Å². The molecule has 5 nitrogen and oxygen atoms in total. The molecule has 8 heteroatoms. The molecule has 1 aliphatic rings. The predicted octanol–water partition coefficient (Wildman–Crippen LogP) is 4.52. The second kappa shape index (κ2) is 8.32. The SMILES string of the molecule is CC1=CN(c2cccc(C(F)(F)F)c2)NC(/C(=C/C=N)Nc2ccccc2)C1=O. The lowest BCUT2D eigenvalue weighted by atomic mass is 10.0. The van der Waals surface area contributed by atoms with Crippen molar-refractivity contribution in [2.45, 2.75) is 19.1 Å². The second-order valence-corrected chi connectivity index (χ2v) is 6.44. The minimum atomic E-state index is -4.47. The van der Waals surface area contributed by atoms with Crippen LogP contribution in [0.25, 0.3) is 0 Å². The lowest BCUT2D eigenvalue weighted by Gasteiger charge is -2.34. The van der Waals surface area contributed by atoms with Gasteiger partial charge in [-0.25, -0.2) is 5.43 Å². The highest BCUT2D eigenvalue weighted by molar-refractivity contribution is 6.03. The molecule has 2 aromatic rings. The van der Waals surface area contributed by atoms with Crippen LogP contribution in [0.15, 0.2) is 78.1 Å². The number of alkyl halides is 3. The van der Waals surface area contributed by atoms with E-state index in [9.17, 15) is 18.0 Å². The van der Waals surface area contributed by atoms with Gasteiger partial charge in [0, 0.05) is 29.4 Å². The molecule has 150 valence electrons. The van der Waals surface area contributed by atoms with Gasteiger partial charge >= 0.3 is 6.18 Å². The number of halogens is 3. The second-order valence-electron chi connectivity index (χ2n) is 6.44. The van der Waals surface area contributed by atoms with E-state index in [-0.39, 0.29) is 11.5 Å². The van der Waals surface area contributed by atoms with Gasteiger partial charge in [0.2, 0.25) is 0 Å². The maximum Gasteiger partial charge on any atom is 0.416 e. The zero-order chi connectivity index (χ0) is 21.0. The number of hydrogen-bond donors (Lipinski definition) is 3. The van der Waals surface area contributed by atoms with Crippen molar-refractivity contribution in [3.8, 4) is 0 Å². The monoisotopic (exact) mass is 400 g/mol. The molecule has 0 bridgehead atoms. The van der Waals surface area contributed by atoms with E-state index in [0.29, 0.717) is 17.0 Å². The molecule has 0 aliphatic carbocycles. The van der Waals surface area contributed by atoms with Crippen LogP contribution >= 0.6 is 0 Å². The Balaban J connectivity index is 1.93. The van der Waals surface area contributed by atoms with Crippen LogP contribution in [0.2, 0.25) is 0 Å². The quantitative estimate of drug-likeness (QED) is 0.646. The summed E-state index contributed by atoms with van der Waals surface area (Å²) in [7, 11) is 0. The van der Waals surface area contributed by atoms with Crippen molar-refractivity contribution in [2.24, 2.45) is 0 Å². The Morgan fingerprint density at radius 1 is 1.17 bits per heavy atom. The maximum atomic E-state index is 13.1. The van der Waals surface area contributed by atoms with E-state index in [0.717, 1.165) is 18.3 Å². The molecule has 1 aliphatic heterocycles. The fraction of sp³-hybridized carbons (Fsp3) is 0.143. The summed E-state index contributed by atoms with van der Waals surface area (Å²) in [6.07, 6.45) is -0.535. The normalized spacial score (nSPS) is 17.7. The molecular weight excluding hydrogens is 381 g/mol. The highest BCUT2D eigenvalue weighted by Crippen LogP contribution is 2.32. The first-order chi connectivity index (χ1) is 13.8. The first kappa shape index (κ1) is 20.3. The molecule has 1 atom stereocenters. The molecule has 0 fully saturated rings. The van der Waals surface area contributed by atoms with Gasteiger partial charge in [0.1, 0.15) is 6.04 Å². The predicted molar refractivity (Wildman–Crippen MR) is 107 cm³/mol. The van der Waals surface area contributed by atoms with Gasteiger partial charge in [0.25, 0.3) is 0 Å². The van der Waals surface area contributed by atoms with E-state index >= 15 is 0 Å². The Morgan fingerprint density at radius 3 is 2.55 bits per heavy atom. The summed E-state index contributed by atoms with van der Waals surface area (Å²) in [6, 6.07) is 13.0. The molecule has 0 saturated heterocycles. The molecule has 0 amide bonds. The molecular formula is C21H19F3N4O. The van der Waals surface area contributed by atoms with E-state index in [1.54, 1.807) is 19.1 Å². The fourth-order valence-corrected chi connectivity index (χ4v) is 2.90. The third kappa shape index (κ3) is 4.72. The van der Waals surface area contributed by atoms with Gasteiger partial charge < -0.3 is 10.7 Å². The average molecular weight is 400 g/mol. The van der Waals surface area contributed by atoms with Crippen molar-refractivity contribution in [1.82, 2.24) is 5.43 Å². The minimum Gasteiger partial charge on any atom is -0.357 e. The topological polar surface area (TPSA) is 68.2 Å². The first-order valence-corrected chi connectivity index (χ1v) is 8.77. The molecule has 0 spiro atoms. The van der Waals surface area contributed by atoms with Crippen molar-refractivity contribution >= 4 is 23.4 Å². The maximum absolute atomic E-state index is 13.1. The highest BCUT2D eigenvalue weighted by atomic mass is 19.4. The van der Waals surface area contributed by atoms with E-state index in [2.05, 4.69) is 10.7 Å². The van der Waals surface area contributed by atoms with Crippen LogP contribution in [-0.4, -0.2) is 18.0 Å². The summed E-state index contributed by atoms with van der Waals surface area (Å²) in [5.41, 5.74) is 3.89. The van der Waals surface area contributed by atoms with Crippen molar-refractivity contribution in [2.75, 3.05) is 10.3 Å². The largest absolute Gasteiger partial charge is 0.416 e. The Morgan fingerprint density at radius 2 is 1.90 bits per heavy atom. The number of hydrazine groups is 1. The first-order valence-electron chi connectivity index (χ1n) is 8.77. The molecule has 2 aromatic carbocycles. The molecule has 1 heterocycles. The van der Waals surface area contributed by atoms with Gasteiger partial charge in [0.05, 0.1) is 11.3 Å². The lowest BCUT2D eigenvalue weighted by Crippen LogP contribution is -2.52. The summed E-state index contributed by atoms with van der Waals surface area (Å²) >= 11 is 0. The number of nitrogens with one attached hydrogen (secondary N) is 3. The average Bonchev–Trinajstić information content (AvgIpc) is 2.70. The molecule has 0 saturated carbocycles. The van der Waals surface area contributed by atoms with Crippen molar-refractivity contribution in [1.29, 1.82) is 5.41 Å². The number of para-hydroxylation sites is 1. The Labute approximate surface area is 166 Å². The number of Topliss-reactive ketones (excluding diaryl/α,β-unsaturated/α-hetero) is 1. The van der Waals surface area contributed by atoms with Gasteiger partial charge in [-0.05, 0) is 43.3 Å². The number of carbonyl (C=O) groups is 1. The number of anilines is 2. The Hall–Kier alpha value is -3.39. The van der Waals surface area contributed by atoms with E-state index < -0.39 is 17.8 Å². The number of carbonyl (C=O) groups excluding carboxylic acids is 1. The van der Waals surface area contributed by atoms with Gasteiger partial charge in [0.15, 0.2) is 5.78 Å². The Kier molecular flexibility index (Phi) is 5.84. The summed E-state index contributed by atoms with van der Waals surface area (Å²) in [5.74, 6) is -0.246. The number of ketones is 1. The zero-order valence-electron chi connectivity index (χ0n) is 15.5. The van der Waals surface area contributed by atoms with Crippen LogP contribution in [0, 0.1) is 5.41 Å². The Bertz CT molecular complexity index is 967. The van der Waals surface area contributed by atoms with E-state index in [1.807, 2.05) is 18.2 Å². The van der Waals surface area contributed by atoms with Crippen molar-refractivity contribution in [3.05, 3.63) is 83.7 Å². The van der Waals surface area contributed by atoms with Crippen molar-refractivity contribution in [3.63, 3.8) is 0 Å². The smallest absolute Gasteiger partial charge is 0.357 e. The van der Waals surface area contributed by atoms with Crippen LogP contribution in [0.1, 0.15) is 12.5 Å². The summed E-state index contributed by atoms with van der Waals surface area (Å²) < 4.78 is 39.2. The van der Waals surface area contributed by atoms with Crippen molar-refractivity contribution < 1.29 is 18.0 Å². The van der Waals surface area contributed by atoms with Gasteiger partial charge in [-0.2, -0.15) is 13.2 Å². The van der Waals surface area contributed by atoms with Crippen LogP contribution in [0.3, 0.4) is 0 Å². The van der Waals surface area contributed by atoms with Gasteiger partial charge in [-0.1, -0.05) is 24.3 Å². The number of nitrogens with zero attached hydrogens (tertiary/aromatic N) is 1. The molecule has 0 radical (unpaired) electrons. The number of rotatable bonds is 5. The summed E-state index contributed by atoms with van der Waals surface area (Å²) in [4.78, 5) is 12.7. The minimum absolute atomic E-state index is 0.241. The van der Waals surface area contributed by atoms with Gasteiger partial charge in [-0.15, -0.1) is 0 Å². The van der Waals surface area contributed by atoms with Crippen LogP contribution in [-0.2, 0) is 11.0 Å². The third-order valence-electron chi connectivity index (χ3n) is 4.33. The molecule has 0 aromatic heterocycles. The van der Waals surface area contributed by atoms with E-state index in [1.165, 1.54) is 29.4 Å². The zero-order valence-corrected chi connectivity index (χ0v) is 15.5. The van der Waals surface area contributed by atoms with Crippen LogP contribution in [0.4, 0.5) is 24.5 Å².